The number of aliphatic hydroxyl groups is 1. The number of carbonyl (C=O) groups is 1. The molecule has 110 valence electrons. The quantitative estimate of drug-likeness (QED) is 0.877. The van der Waals surface area contributed by atoms with Crippen LogP contribution in [0.3, 0.4) is 0 Å². The minimum absolute atomic E-state index is 0.0588. The van der Waals surface area contributed by atoms with Crippen molar-refractivity contribution < 1.29 is 9.90 Å². The van der Waals surface area contributed by atoms with Crippen LogP contribution in [0, 0.1) is 0 Å². The second kappa shape index (κ2) is 7.14. The van der Waals surface area contributed by atoms with E-state index in [9.17, 15) is 9.90 Å². The normalized spacial score (nSPS) is 12.0. The van der Waals surface area contributed by atoms with E-state index in [4.69, 9.17) is 34.8 Å². The molecule has 2 aromatic carbocycles. The average Bonchev–Trinajstić information content (AvgIpc) is 2.48. The first-order valence-electron chi connectivity index (χ1n) is 6.15. The minimum atomic E-state index is -0.829. The van der Waals surface area contributed by atoms with Crippen LogP contribution in [0.4, 0.5) is 0 Å². The fourth-order valence-electron chi connectivity index (χ4n) is 1.77. The van der Waals surface area contributed by atoms with Gasteiger partial charge in [-0.15, -0.1) is 0 Å². The summed E-state index contributed by atoms with van der Waals surface area (Å²) in [6.07, 6.45) is -0.829. The number of rotatable bonds is 4. The largest absolute Gasteiger partial charge is 0.387 e. The molecular weight excluding hydrogens is 333 g/mol. The topological polar surface area (TPSA) is 49.3 Å². The van der Waals surface area contributed by atoms with Crippen LogP contribution in [0.25, 0.3) is 0 Å². The number of amides is 1. The smallest absolute Gasteiger partial charge is 0.252 e. The highest BCUT2D eigenvalue weighted by Gasteiger charge is 2.14. The van der Waals surface area contributed by atoms with Crippen molar-refractivity contribution in [3.8, 4) is 0 Å². The lowest BCUT2D eigenvalue weighted by Gasteiger charge is -2.13. The molecular formula is C15H12Cl3NO2. The minimum Gasteiger partial charge on any atom is -0.387 e. The number of nitrogens with one attached hydrogen (secondary N) is 1. The first-order valence-corrected chi connectivity index (χ1v) is 7.28. The van der Waals surface area contributed by atoms with Crippen molar-refractivity contribution in [3.63, 3.8) is 0 Å². The molecule has 0 aliphatic heterocycles. The number of halogens is 3. The molecule has 2 N–H and O–H groups in total. The Kier molecular flexibility index (Phi) is 5.48. The van der Waals surface area contributed by atoms with Crippen LogP contribution in [-0.4, -0.2) is 17.6 Å². The van der Waals surface area contributed by atoms with Crippen LogP contribution >= 0.6 is 34.8 Å². The highest BCUT2D eigenvalue weighted by Crippen LogP contribution is 2.25. The zero-order valence-electron chi connectivity index (χ0n) is 10.8. The molecule has 0 radical (unpaired) electrons. The molecule has 1 atom stereocenters. The fourth-order valence-corrected chi connectivity index (χ4v) is 2.28. The Labute approximate surface area is 137 Å². The van der Waals surface area contributed by atoms with Gasteiger partial charge in [-0.2, -0.15) is 0 Å². The highest BCUT2D eigenvalue weighted by molar-refractivity contribution is 6.43. The lowest BCUT2D eigenvalue weighted by molar-refractivity contribution is 0.0916. The van der Waals surface area contributed by atoms with E-state index in [1.54, 1.807) is 42.5 Å². The fraction of sp³-hybridized carbons (Fsp3) is 0.133. The van der Waals surface area contributed by atoms with Gasteiger partial charge in [0.25, 0.3) is 5.91 Å². The van der Waals surface area contributed by atoms with E-state index < -0.39 is 12.0 Å². The molecule has 0 fully saturated rings. The molecule has 0 heterocycles. The van der Waals surface area contributed by atoms with Crippen LogP contribution in [-0.2, 0) is 0 Å². The monoisotopic (exact) mass is 343 g/mol. The molecule has 1 unspecified atom stereocenters. The molecule has 0 bridgehead atoms. The first kappa shape index (κ1) is 16.1. The Morgan fingerprint density at radius 1 is 1.10 bits per heavy atom. The van der Waals surface area contributed by atoms with Crippen molar-refractivity contribution in [1.82, 2.24) is 5.32 Å². The average molecular weight is 345 g/mol. The summed E-state index contributed by atoms with van der Waals surface area (Å²) >= 11 is 17.6. The van der Waals surface area contributed by atoms with Gasteiger partial charge in [0.05, 0.1) is 21.7 Å². The van der Waals surface area contributed by atoms with Crippen LogP contribution in [0.1, 0.15) is 22.0 Å². The van der Waals surface area contributed by atoms with E-state index in [-0.39, 0.29) is 17.1 Å². The first-order chi connectivity index (χ1) is 9.99. The summed E-state index contributed by atoms with van der Waals surface area (Å²) in [7, 11) is 0. The lowest BCUT2D eigenvalue weighted by atomic mass is 10.1. The van der Waals surface area contributed by atoms with Gasteiger partial charge in [-0.3, -0.25) is 4.79 Å². The predicted octanol–water partition coefficient (Wildman–Crippen LogP) is 4.11. The van der Waals surface area contributed by atoms with E-state index in [2.05, 4.69) is 5.32 Å². The Morgan fingerprint density at radius 3 is 2.43 bits per heavy atom. The molecule has 2 aromatic rings. The third-order valence-electron chi connectivity index (χ3n) is 2.91. The van der Waals surface area contributed by atoms with Gasteiger partial charge >= 0.3 is 0 Å². The Morgan fingerprint density at radius 2 is 1.76 bits per heavy atom. The molecule has 0 aliphatic rings. The maximum absolute atomic E-state index is 12.0. The summed E-state index contributed by atoms with van der Waals surface area (Å²) in [4.78, 5) is 12.0. The van der Waals surface area contributed by atoms with Gasteiger partial charge in [0.1, 0.15) is 0 Å². The molecule has 6 heteroatoms. The Balaban J connectivity index is 2.00. The zero-order valence-corrected chi connectivity index (χ0v) is 13.1. The third kappa shape index (κ3) is 4.11. The van der Waals surface area contributed by atoms with Crippen molar-refractivity contribution in [2.75, 3.05) is 6.54 Å². The van der Waals surface area contributed by atoms with Crippen LogP contribution in [0.15, 0.2) is 42.5 Å². The number of hydrogen-bond acceptors (Lipinski definition) is 2. The number of benzene rings is 2. The molecule has 1 amide bonds. The molecule has 0 aromatic heterocycles. The van der Waals surface area contributed by atoms with Gasteiger partial charge in [-0.25, -0.2) is 0 Å². The Bertz CT molecular complexity index is 644. The van der Waals surface area contributed by atoms with E-state index in [1.807, 2.05) is 0 Å². The lowest BCUT2D eigenvalue weighted by Crippen LogP contribution is -2.28. The summed E-state index contributed by atoms with van der Waals surface area (Å²) in [5.74, 6) is -0.393. The molecule has 0 aliphatic carbocycles. The van der Waals surface area contributed by atoms with E-state index in [1.165, 1.54) is 0 Å². The van der Waals surface area contributed by atoms with Crippen molar-refractivity contribution in [2.24, 2.45) is 0 Å². The zero-order chi connectivity index (χ0) is 15.4. The van der Waals surface area contributed by atoms with Gasteiger partial charge in [0.2, 0.25) is 0 Å². The SMILES string of the molecule is O=C(NCC(O)c1ccc(Cl)cc1)c1cccc(Cl)c1Cl. The second-order valence-corrected chi connectivity index (χ2v) is 5.60. The molecule has 3 nitrogen and oxygen atoms in total. The van der Waals surface area contributed by atoms with Crippen molar-refractivity contribution >= 4 is 40.7 Å². The second-order valence-electron chi connectivity index (χ2n) is 4.38. The van der Waals surface area contributed by atoms with Gasteiger partial charge < -0.3 is 10.4 Å². The van der Waals surface area contributed by atoms with Crippen LogP contribution in [0.2, 0.25) is 15.1 Å². The number of aliphatic hydroxyl groups excluding tert-OH is 1. The molecule has 0 saturated heterocycles. The molecule has 0 spiro atoms. The maximum atomic E-state index is 12.0. The maximum Gasteiger partial charge on any atom is 0.252 e. The molecule has 2 rings (SSSR count). The van der Waals surface area contributed by atoms with Gasteiger partial charge in [0.15, 0.2) is 0 Å². The van der Waals surface area contributed by atoms with Crippen molar-refractivity contribution in [3.05, 3.63) is 68.7 Å². The van der Waals surface area contributed by atoms with E-state index in [0.29, 0.717) is 15.6 Å². The number of hydrogen-bond donors (Lipinski definition) is 2. The third-order valence-corrected chi connectivity index (χ3v) is 3.98. The standard InChI is InChI=1S/C15H12Cl3NO2/c16-10-6-4-9(5-7-10)13(20)8-19-15(21)11-2-1-3-12(17)14(11)18/h1-7,13,20H,8H2,(H,19,21). The van der Waals surface area contributed by atoms with Crippen LogP contribution in [0.5, 0.6) is 0 Å². The summed E-state index contributed by atoms with van der Waals surface area (Å²) in [6, 6.07) is 11.6. The van der Waals surface area contributed by atoms with Gasteiger partial charge in [0, 0.05) is 11.6 Å². The summed E-state index contributed by atoms with van der Waals surface area (Å²) in [5.41, 5.74) is 0.935. The van der Waals surface area contributed by atoms with E-state index >= 15 is 0 Å². The molecule has 0 saturated carbocycles. The molecule has 21 heavy (non-hydrogen) atoms. The van der Waals surface area contributed by atoms with Crippen molar-refractivity contribution in [2.45, 2.75) is 6.10 Å². The van der Waals surface area contributed by atoms with Gasteiger partial charge in [-0.1, -0.05) is 53.0 Å². The highest BCUT2D eigenvalue weighted by atomic mass is 35.5. The van der Waals surface area contributed by atoms with E-state index in [0.717, 1.165) is 0 Å². The summed E-state index contributed by atoms with van der Waals surface area (Å²) in [6.45, 7) is 0.0588. The summed E-state index contributed by atoms with van der Waals surface area (Å²) < 4.78 is 0. The number of carbonyl (C=O) groups excluding carboxylic acids is 1. The van der Waals surface area contributed by atoms with Crippen molar-refractivity contribution in [1.29, 1.82) is 0 Å². The van der Waals surface area contributed by atoms with Crippen LogP contribution < -0.4 is 5.32 Å². The summed E-state index contributed by atoms with van der Waals surface area (Å²) in [5, 5.41) is 13.7. The Hall–Kier alpha value is -1.26. The van der Waals surface area contributed by atoms with Gasteiger partial charge in [-0.05, 0) is 29.8 Å². The predicted molar refractivity (Wildman–Crippen MR) is 85.2 cm³/mol.